The molecule has 2 N–H and O–H groups in total. The van der Waals surface area contributed by atoms with Crippen molar-refractivity contribution >= 4 is 22.9 Å². The van der Waals surface area contributed by atoms with Gasteiger partial charge in [0.2, 0.25) is 0 Å². The summed E-state index contributed by atoms with van der Waals surface area (Å²) in [6, 6.07) is 7.69. The molecule has 0 bridgehead atoms. The highest BCUT2D eigenvalue weighted by Gasteiger charge is 2.16. The van der Waals surface area contributed by atoms with Gasteiger partial charge in [-0.2, -0.15) is 0 Å². The van der Waals surface area contributed by atoms with Crippen LogP contribution in [0.3, 0.4) is 0 Å². The molecular weight excluding hydrogens is 251 g/mol. The molecule has 1 aromatic heterocycles. The average Bonchev–Trinajstić information content (AvgIpc) is 2.84. The van der Waals surface area contributed by atoms with Crippen LogP contribution in [0.25, 0.3) is 0 Å². The number of carbonyl (C=O) groups is 1. The smallest absolute Gasteiger partial charge is 0.256 e. The van der Waals surface area contributed by atoms with E-state index in [1.807, 2.05) is 17.5 Å². The van der Waals surface area contributed by atoms with E-state index in [9.17, 15) is 9.18 Å². The van der Waals surface area contributed by atoms with Crippen molar-refractivity contribution in [3.05, 3.63) is 52.0 Å². The lowest BCUT2D eigenvalue weighted by Crippen LogP contribution is -2.26. The summed E-state index contributed by atoms with van der Waals surface area (Å²) in [5, 5.41) is 1.95. The van der Waals surface area contributed by atoms with Gasteiger partial charge in [0.05, 0.1) is 12.1 Å². The third-order valence-electron chi connectivity index (χ3n) is 2.57. The van der Waals surface area contributed by atoms with E-state index in [4.69, 9.17) is 5.73 Å². The molecule has 0 fully saturated rings. The Hall–Kier alpha value is -1.88. The van der Waals surface area contributed by atoms with Crippen molar-refractivity contribution in [1.29, 1.82) is 0 Å². The maximum atomic E-state index is 13.1. The van der Waals surface area contributed by atoms with Gasteiger partial charge in [-0.05, 0) is 29.6 Å². The van der Waals surface area contributed by atoms with Gasteiger partial charge >= 0.3 is 0 Å². The lowest BCUT2D eigenvalue weighted by Gasteiger charge is -2.17. The van der Waals surface area contributed by atoms with Gasteiger partial charge in [-0.15, -0.1) is 11.3 Å². The number of halogens is 1. The largest absolute Gasteiger partial charge is 0.398 e. The number of thiophene rings is 1. The second-order valence-electron chi connectivity index (χ2n) is 3.97. The molecule has 94 valence electrons. The highest BCUT2D eigenvalue weighted by molar-refractivity contribution is 7.09. The topological polar surface area (TPSA) is 46.3 Å². The molecule has 0 aliphatic heterocycles. The Morgan fingerprint density at radius 2 is 2.22 bits per heavy atom. The number of benzene rings is 1. The number of nitrogens with two attached hydrogens (primary N) is 1. The molecule has 2 rings (SSSR count). The fourth-order valence-corrected chi connectivity index (χ4v) is 2.38. The van der Waals surface area contributed by atoms with Crippen molar-refractivity contribution in [1.82, 2.24) is 4.90 Å². The zero-order valence-corrected chi connectivity index (χ0v) is 10.7. The first-order valence-electron chi connectivity index (χ1n) is 5.41. The van der Waals surface area contributed by atoms with Crippen LogP contribution in [-0.4, -0.2) is 17.9 Å². The Bertz CT molecular complexity index is 554. The Balaban J connectivity index is 2.17. The maximum absolute atomic E-state index is 13.1. The molecule has 2 aromatic rings. The van der Waals surface area contributed by atoms with Gasteiger partial charge < -0.3 is 10.6 Å². The van der Waals surface area contributed by atoms with Crippen LogP contribution in [0.5, 0.6) is 0 Å². The van der Waals surface area contributed by atoms with Crippen molar-refractivity contribution in [2.24, 2.45) is 0 Å². The average molecular weight is 264 g/mol. The third-order valence-corrected chi connectivity index (χ3v) is 3.43. The third kappa shape index (κ3) is 2.68. The minimum atomic E-state index is -0.461. The van der Waals surface area contributed by atoms with Gasteiger partial charge in [-0.25, -0.2) is 4.39 Å². The fourth-order valence-electron chi connectivity index (χ4n) is 1.63. The number of hydrogen-bond donors (Lipinski definition) is 1. The van der Waals surface area contributed by atoms with Crippen LogP contribution in [0, 0.1) is 5.82 Å². The SMILES string of the molecule is CN(Cc1cccs1)C(=O)c1cc(F)ccc1N. The van der Waals surface area contributed by atoms with Crippen LogP contribution in [0.4, 0.5) is 10.1 Å². The van der Waals surface area contributed by atoms with E-state index in [1.165, 1.54) is 23.1 Å². The number of nitrogen functional groups attached to an aromatic ring is 1. The van der Waals surface area contributed by atoms with Crippen molar-refractivity contribution in [2.45, 2.75) is 6.54 Å². The summed E-state index contributed by atoms with van der Waals surface area (Å²) >= 11 is 1.57. The molecule has 0 atom stereocenters. The number of rotatable bonds is 3. The predicted molar refractivity (Wildman–Crippen MR) is 70.9 cm³/mol. The molecule has 1 aromatic carbocycles. The summed E-state index contributed by atoms with van der Waals surface area (Å²) in [5.41, 5.74) is 6.18. The quantitative estimate of drug-likeness (QED) is 0.866. The van der Waals surface area contributed by atoms with Gasteiger partial charge in [-0.1, -0.05) is 6.07 Å². The van der Waals surface area contributed by atoms with Gasteiger partial charge in [0.1, 0.15) is 5.82 Å². The minimum absolute atomic E-state index is 0.203. The highest BCUT2D eigenvalue weighted by Crippen LogP contribution is 2.17. The monoisotopic (exact) mass is 264 g/mol. The molecule has 5 heteroatoms. The number of amides is 1. The van der Waals surface area contributed by atoms with E-state index in [0.717, 1.165) is 4.88 Å². The van der Waals surface area contributed by atoms with Crippen LogP contribution >= 0.6 is 11.3 Å². The van der Waals surface area contributed by atoms with E-state index >= 15 is 0 Å². The first kappa shape index (κ1) is 12.6. The number of nitrogens with zero attached hydrogens (tertiary/aromatic N) is 1. The first-order valence-corrected chi connectivity index (χ1v) is 6.29. The molecule has 3 nitrogen and oxygen atoms in total. The van der Waals surface area contributed by atoms with E-state index in [2.05, 4.69) is 0 Å². The Morgan fingerprint density at radius 1 is 1.44 bits per heavy atom. The van der Waals surface area contributed by atoms with E-state index in [1.54, 1.807) is 18.4 Å². The highest BCUT2D eigenvalue weighted by atomic mass is 32.1. The molecule has 0 aliphatic rings. The second-order valence-corrected chi connectivity index (χ2v) is 5.00. The van der Waals surface area contributed by atoms with Gasteiger partial charge in [0.15, 0.2) is 0 Å². The molecular formula is C13H13FN2OS. The number of hydrogen-bond acceptors (Lipinski definition) is 3. The van der Waals surface area contributed by atoms with Crippen molar-refractivity contribution in [3.8, 4) is 0 Å². The van der Waals surface area contributed by atoms with Crippen LogP contribution < -0.4 is 5.73 Å². The summed E-state index contributed by atoms with van der Waals surface area (Å²) < 4.78 is 13.1. The summed E-state index contributed by atoms with van der Waals surface area (Å²) in [7, 11) is 1.67. The Kier molecular flexibility index (Phi) is 3.62. The molecule has 1 amide bonds. The predicted octanol–water partition coefficient (Wildman–Crippen LogP) is 2.74. The van der Waals surface area contributed by atoms with Gasteiger partial charge in [-0.3, -0.25) is 4.79 Å². The van der Waals surface area contributed by atoms with Crippen LogP contribution in [0.2, 0.25) is 0 Å². The van der Waals surface area contributed by atoms with Gasteiger partial charge in [0, 0.05) is 17.6 Å². The molecule has 1 heterocycles. The first-order chi connectivity index (χ1) is 8.58. The van der Waals surface area contributed by atoms with E-state index < -0.39 is 5.82 Å². The van der Waals surface area contributed by atoms with Gasteiger partial charge in [0.25, 0.3) is 5.91 Å². The lowest BCUT2D eigenvalue weighted by atomic mass is 10.1. The van der Waals surface area contributed by atoms with Crippen molar-refractivity contribution < 1.29 is 9.18 Å². The molecule has 0 spiro atoms. The van der Waals surface area contributed by atoms with Crippen molar-refractivity contribution in [3.63, 3.8) is 0 Å². The summed E-state index contributed by atoms with van der Waals surface area (Å²) in [6.45, 7) is 0.493. The summed E-state index contributed by atoms with van der Waals surface area (Å²) in [6.07, 6.45) is 0. The Labute approximate surface area is 109 Å². The molecule has 0 saturated carbocycles. The summed E-state index contributed by atoms with van der Waals surface area (Å²) in [5.74, 6) is -0.738. The minimum Gasteiger partial charge on any atom is -0.398 e. The molecule has 0 aliphatic carbocycles. The Morgan fingerprint density at radius 3 is 2.89 bits per heavy atom. The molecule has 0 unspecified atom stereocenters. The molecule has 18 heavy (non-hydrogen) atoms. The molecule has 0 radical (unpaired) electrons. The maximum Gasteiger partial charge on any atom is 0.256 e. The lowest BCUT2D eigenvalue weighted by molar-refractivity contribution is 0.0787. The van der Waals surface area contributed by atoms with E-state index in [0.29, 0.717) is 12.2 Å². The number of carbonyl (C=O) groups excluding carboxylic acids is 1. The van der Waals surface area contributed by atoms with Crippen LogP contribution in [-0.2, 0) is 6.54 Å². The second kappa shape index (κ2) is 5.18. The van der Waals surface area contributed by atoms with Crippen LogP contribution in [0.1, 0.15) is 15.2 Å². The standard InChI is InChI=1S/C13H13FN2OS/c1-16(8-10-3-2-6-18-10)13(17)11-7-9(14)4-5-12(11)15/h2-7H,8,15H2,1H3. The van der Waals surface area contributed by atoms with Crippen molar-refractivity contribution in [2.75, 3.05) is 12.8 Å². The number of anilines is 1. The zero-order valence-electron chi connectivity index (χ0n) is 9.89. The van der Waals surface area contributed by atoms with E-state index in [-0.39, 0.29) is 11.5 Å². The molecule has 0 saturated heterocycles. The van der Waals surface area contributed by atoms with Crippen LogP contribution in [0.15, 0.2) is 35.7 Å². The zero-order chi connectivity index (χ0) is 13.1. The summed E-state index contributed by atoms with van der Waals surface area (Å²) in [4.78, 5) is 14.7. The fraction of sp³-hybridized carbons (Fsp3) is 0.154. The normalized spacial score (nSPS) is 10.3.